The molecule has 2 aliphatic rings. The van der Waals surface area contributed by atoms with Crippen LogP contribution < -0.4 is 9.64 Å². The van der Waals surface area contributed by atoms with Crippen molar-refractivity contribution < 1.29 is 13.9 Å². The van der Waals surface area contributed by atoms with Crippen molar-refractivity contribution in [2.24, 2.45) is 5.92 Å². The highest BCUT2D eigenvalue weighted by molar-refractivity contribution is 5.37. The molecule has 2 saturated heterocycles. The summed E-state index contributed by atoms with van der Waals surface area (Å²) in [5.74, 6) is 0.686. The van der Waals surface area contributed by atoms with E-state index < -0.39 is 5.82 Å². The third-order valence-corrected chi connectivity index (χ3v) is 4.74. The van der Waals surface area contributed by atoms with Gasteiger partial charge in [-0.05, 0) is 31.2 Å². The predicted octanol–water partition coefficient (Wildman–Crippen LogP) is 1.86. The zero-order valence-corrected chi connectivity index (χ0v) is 13.8. The Morgan fingerprint density at radius 1 is 1.20 bits per heavy atom. The summed E-state index contributed by atoms with van der Waals surface area (Å²) in [4.78, 5) is 18.2. The van der Waals surface area contributed by atoms with Crippen LogP contribution in [0.5, 0.6) is 6.01 Å². The van der Waals surface area contributed by atoms with Gasteiger partial charge in [0, 0.05) is 19.0 Å². The maximum Gasteiger partial charge on any atom is 0.316 e. The summed E-state index contributed by atoms with van der Waals surface area (Å²) in [5, 5.41) is 0. The standard InChI is InChI=1S/C17H20FN5O2/c18-14-9-21-15(22-10-14)23-11-17(12-23)8-13(3-7-25-17)2-6-24-16-19-4-1-5-20-16/h1,4-5,9-10,13H,2-3,6-8,11-12H2. The number of hydrogen-bond acceptors (Lipinski definition) is 7. The van der Waals surface area contributed by atoms with Crippen molar-refractivity contribution in [3.05, 3.63) is 36.7 Å². The molecule has 4 heterocycles. The first-order chi connectivity index (χ1) is 12.2. The highest BCUT2D eigenvalue weighted by Gasteiger charge is 2.48. The molecule has 1 spiro atoms. The number of aromatic nitrogens is 4. The Bertz CT molecular complexity index is 694. The van der Waals surface area contributed by atoms with E-state index >= 15 is 0 Å². The van der Waals surface area contributed by atoms with Crippen molar-refractivity contribution in [1.82, 2.24) is 19.9 Å². The molecule has 0 N–H and O–H groups in total. The van der Waals surface area contributed by atoms with E-state index in [1.165, 1.54) is 12.4 Å². The largest absolute Gasteiger partial charge is 0.463 e. The minimum Gasteiger partial charge on any atom is -0.463 e. The molecule has 7 nitrogen and oxygen atoms in total. The quantitative estimate of drug-likeness (QED) is 0.819. The van der Waals surface area contributed by atoms with Gasteiger partial charge in [0.05, 0.1) is 32.1 Å². The van der Waals surface area contributed by atoms with E-state index in [9.17, 15) is 4.39 Å². The first kappa shape index (κ1) is 16.1. The molecule has 8 heteroatoms. The first-order valence-electron chi connectivity index (χ1n) is 8.49. The van der Waals surface area contributed by atoms with Gasteiger partial charge in [0.2, 0.25) is 5.95 Å². The minimum absolute atomic E-state index is 0.135. The lowest BCUT2D eigenvalue weighted by atomic mass is 9.79. The topological polar surface area (TPSA) is 73.3 Å². The van der Waals surface area contributed by atoms with Gasteiger partial charge in [-0.25, -0.2) is 24.3 Å². The number of anilines is 1. The summed E-state index contributed by atoms with van der Waals surface area (Å²) in [7, 11) is 0. The van der Waals surface area contributed by atoms with E-state index in [1.807, 2.05) is 4.90 Å². The van der Waals surface area contributed by atoms with Gasteiger partial charge in [-0.2, -0.15) is 0 Å². The number of nitrogens with zero attached hydrogens (tertiary/aromatic N) is 5. The van der Waals surface area contributed by atoms with E-state index in [-0.39, 0.29) is 5.60 Å². The SMILES string of the molecule is Fc1cnc(N2CC3(CC(CCOc4ncccn4)CCO3)C2)nc1. The zero-order chi connectivity index (χ0) is 17.1. The molecule has 2 aliphatic heterocycles. The number of halogens is 1. The molecule has 4 rings (SSSR count). The number of hydrogen-bond donors (Lipinski definition) is 0. The van der Waals surface area contributed by atoms with E-state index in [0.717, 1.165) is 39.0 Å². The van der Waals surface area contributed by atoms with Crippen molar-refractivity contribution in [1.29, 1.82) is 0 Å². The fraction of sp³-hybridized carbons (Fsp3) is 0.529. The van der Waals surface area contributed by atoms with E-state index in [4.69, 9.17) is 9.47 Å². The van der Waals surface area contributed by atoms with E-state index in [2.05, 4.69) is 19.9 Å². The van der Waals surface area contributed by atoms with E-state index in [1.54, 1.807) is 18.5 Å². The summed E-state index contributed by atoms with van der Waals surface area (Å²) in [6.45, 7) is 2.86. The van der Waals surface area contributed by atoms with Gasteiger partial charge in [-0.3, -0.25) is 0 Å². The lowest BCUT2D eigenvalue weighted by Gasteiger charge is -2.53. The summed E-state index contributed by atoms with van der Waals surface area (Å²) in [6, 6.07) is 2.19. The molecule has 0 aromatic carbocycles. The van der Waals surface area contributed by atoms with Crippen LogP contribution in [-0.2, 0) is 4.74 Å². The third kappa shape index (κ3) is 3.68. The van der Waals surface area contributed by atoms with Gasteiger partial charge in [-0.15, -0.1) is 0 Å². The van der Waals surface area contributed by atoms with Crippen LogP contribution >= 0.6 is 0 Å². The molecule has 0 aliphatic carbocycles. The highest BCUT2D eigenvalue weighted by Crippen LogP contribution is 2.39. The van der Waals surface area contributed by atoms with Crippen LogP contribution in [0, 0.1) is 11.7 Å². The summed E-state index contributed by atoms with van der Waals surface area (Å²) >= 11 is 0. The second kappa shape index (κ2) is 6.87. The smallest absolute Gasteiger partial charge is 0.316 e. The fourth-order valence-electron chi connectivity index (χ4n) is 3.53. The van der Waals surface area contributed by atoms with Gasteiger partial charge in [0.15, 0.2) is 5.82 Å². The van der Waals surface area contributed by atoms with Gasteiger partial charge >= 0.3 is 6.01 Å². The number of rotatable bonds is 5. The Kier molecular flexibility index (Phi) is 4.44. The predicted molar refractivity (Wildman–Crippen MR) is 87.8 cm³/mol. The van der Waals surface area contributed by atoms with Crippen LogP contribution in [0.15, 0.2) is 30.9 Å². The molecule has 132 valence electrons. The van der Waals surface area contributed by atoms with Crippen molar-refractivity contribution in [3.63, 3.8) is 0 Å². The first-order valence-corrected chi connectivity index (χ1v) is 8.49. The third-order valence-electron chi connectivity index (χ3n) is 4.74. The Hall–Kier alpha value is -2.35. The maximum absolute atomic E-state index is 12.9. The van der Waals surface area contributed by atoms with Crippen molar-refractivity contribution in [2.45, 2.75) is 24.9 Å². The summed E-state index contributed by atoms with van der Waals surface area (Å²) in [5.41, 5.74) is -0.135. The summed E-state index contributed by atoms with van der Waals surface area (Å²) < 4.78 is 24.6. The Labute approximate surface area is 145 Å². The van der Waals surface area contributed by atoms with Crippen molar-refractivity contribution >= 4 is 5.95 Å². The molecular formula is C17H20FN5O2. The van der Waals surface area contributed by atoms with Gasteiger partial charge in [0.1, 0.15) is 5.60 Å². The van der Waals surface area contributed by atoms with Gasteiger partial charge in [0.25, 0.3) is 0 Å². The zero-order valence-electron chi connectivity index (χ0n) is 13.8. The highest BCUT2D eigenvalue weighted by atomic mass is 19.1. The minimum atomic E-state index is -0.421. The van der Waals surface area contributed by atoms with Crippen molar-refractivity contribution in [2.75, 3.05) is 31.2 Å². The molecule has 1 atom stereocenters. The average molecular weight is 345 g/mol. The molecule has 0 radical (unpaired) electrons. The van der Waals surface area contributed by atoms with Crippen molar-refractivity contribution in [3.8, 4) is 6.01 Å². The molecule has 2 aromatic heterocycles. The molecule has 0 saturated carbocycles. The molecule has 2 aromatic rings. The Balaban J connectivity index is 1.26. The molecule has 1 unspecified atom stereocenters. The second-order valence-electron chi connectivity index (χ2n) is 6.62. The summed E-state index contributed by atoms with van der Waals surface area (Å²) in [6.07, 6.45) is 8.72. The fourth-order valence-corrected chi connectivity index (χ4v) is 3.53. The average Bonchev–Trinajstić information content (AvgIpc) is 2.62. The maximum atomic E-state index is 12.9. The lowest BCUT2D eigenvalue weighted by Crippen LogP contribution is -2.66. The van der Waals surface area contributed by atoms with E-state index in [0.29, 0.717) is 24.5 Å². The lowest BCUT2D eigenvalue weighted by molar-refractivity contribution is -0.115. The van der Waals surface area contributed by atoms with Gasteiger partial charge < -0.3 is 14.4 Å². The van der Waals surface area contributed by atoms with Crippen LogP contribution in [0.25, 0.3) is 0 Å². The van der Waals surface area contributed by atoms with Crippen LogP contribution in [0.3, 0.4) is 0 Å². The normalized spacial score (nSPS) is 21.8. The number of ether oxygens (including phenoxy) is 2. The monoisotopic (exact) mass is 345 g/mol. The van der Waals surface area contributed by atoms with Gasteiger partial charge in [-0.1, -0.05) is 0 Å². The molecule has 0 amide bonds. The van der Waals surface area contributed by atoms with Crippen LogP contribution in [0.2, 0.25) is 0 Å². The van der Waals surface area contributed by atoms with Crippen LogP contribution in [0.4, 0.5) is 10.3 Å². The Morgan fingerprint density at radius 3 is 2.72 bits per heavy atom. The molecule has 0 bridgehead atoms. The molecule has 25 heavy (non-hydrogen) atoms. The molecular weight excluding hydrogens is 325 g/mol. The Morgan fingerprint density at radius 2 is 1.96 bits per heavy atom. The van der Waals surface area contributed by atoms with Crippen LogP contribution in [0.1, 0.15) is 19.3 Å². The second-order valence-corrected chi connectivity index (χ2v) is 6.62. The molecule has 2 fully saturated rings. The van der Waals surface area contributed by atoms with Crippen LogP contribution in [-0.4, -0.2) is 51.8 Å².